The van der Waals surface area contributed by atoms with Gasteiger partial charge in [0, 0.05) is 38.8 Å². The summed E-state index contributed by atoms with van der Waals surface area (Å²) in [7, 11) is 2.15. The highest BCUT2D eigenvalue weighted by Gasteiger charge is 2.23. The fraction of sp³-hybridized carbons (Fsp3) is 0.429. The van der Waals surface area contributed by atoms with Gasteiger partial charge in [-0.15, -0.1) is 0 Å². The summed E-state index contributed by atoms with van der Waals surface area (Å²) in [6.45, 7) is 4.90. The lowest BCUT2D eigenvalue weighted by atomic mass is 10.1. The Bertz CT molecular complexity index is 647. The Morgan fingerprint density at radius 3 is 2.64 bits per heavy atom. The topological polar surface area (TPSA) is 35.9 Å². The molecule has 4 nitrogen and oxygen atoms in total. The second-order valence-electron chi connectivity index (χ2n) is 6.80. The zero-order valence-corrected chi connectivity index (χ0v) is 15.0. The SMILES string of the molecule is CN1CCN(Cc2cccc(OCc3ccccc3)c2)C[C@@H]1CCO. The average Bonchev–Trinajstić information content (AvgIpc) is 2.64. The summed E-state index contributed by atoms with van der Waals surface area (Å²) in [6.07, 6.45) is 0.841. The molecule has 3 rings (SSSR count). The van der Waals surface area contributed by atoms with Gasteiger partial charge in [0.25, 0.3) is 0 Å². The van der Waals surface area contributed by atoms with E-state index < -0.39 is 0 Å². The van der Waals surface area contributed by atoms with Crippen molar-refractivity contribution < 1.29 is 9.84 Å². The highest BCUT2D eigenvalue weighted by Crippen LogP contribution is 2.19. The van der Waals surface area contributed by atoms with Crippen LogP contribution in [0.15, 0.2) is 54.6 Å². The molecule has 0 bridgehead atoms. The van der Waals surface area contributed by atoms with E-state index in [0.29, 0.717) is 12.6 Å². The van der Waals surface area contributed by atoms with Crippen molar-refractivity contribution in [3.63, 3.8) is 0 Å². The first kappa shape index (κ1) is 17.9. The molecule has 0 aromatic heterocycles. The molecule has 0 unspecified atom stereocenters. The second-order valence-corrected chi connectivity index (χ2v) is 6.80. The molecule has 1 fully saturated rings. The molecule has 2 aromatic rings. The maximum atomic E-state index is 9.24. The molecule has 0 amide bonds. The molecule has 1 saturated heterocycles. The van der Waals surface area contributed by atoms with Crippen LogP contribution < -0.4 is 4.74 Å². The van der Waals surface area contributed by atoms with E-state index in [0.717, 1.165) is 38.3 Å². The van der Waals surface area contributed by atoms with Crippen LogP contribution in [0, 0.1) is 0 Å². The maximum absolute atomic E-state index is 9.24. The van der Waals surface area contributed by atoms with Gasteiger partial charge in [-0.25, -0.2) is 0 Å². The minimum Gasteiger partial charge on any atom is -0.489 e. The molecule has 1 aliphatic heterocycles. The fourth-order valence-electron chi connectivity index (χ4n) is 3.35. The molecule has 1 N–H and O–H groups in total. The van der Waals surface area contributed by atoms with Crippen molar-refractivity contribution in [3.05, 3.63) is 65.7 Å². The molecule has 25 heavy (non-hydrogen) atoms. The first-order chi connectivity index (χ1) is 12.2. The van der Waals surface area contributed by atoms with Crippen LogP contribution in [0.5, 0.6) is 5.75 Å². The van der Waals surface area contributed by atoms with E-state index in [1.807, 2.05) is 24.3 Å². The zero-order valence-electron chi connectivity index (χ0n) is 15.0. The lowest BCUT2D eigenvalue weighted by molar-refractivity contribution is 0.0742. The molecule has 134 valence electrons. The highest BCUT2D eigenvalue weighted by molar-refractivity contribution is 5.29. The highest BCUT2D eigenvalue weighted by atomic mass is 16.5. The van der Waals surface area contributed by atoms with Crippen molar-refractivity contribution in [2.24, 2.45) is 0 Å². The minimum absolute atomic E-state index is 0.256. The largest absolute Gasteiger partial charge is 0.489 e. The van der Waals surface area contributed by atoms with E-state index in [2.05, 4.69) is 47.2 Å². The Morgan fingerprint density at radius 1 is 1.04 bits per heavy atom. The summed E-state index contributed by atoms with van der Waals surface area (Å²) in [5.74, 6) is 0.919. The van der Waals surface area contributed by atoms with Crippen molar-refractivity contribution in [1.82, 2.24) is 9.80 Å². The first-order valence-electron chi connectivity index (χ1n) is 9.04. The molecule has 1 heterocycles. The van der Waals surface area contributed by atoms with Crippen molar-refractivity contribution in [1.29, 1.82) is 0 Å². The Kier molecular flexibility index (Phi) is 6.45. The van der Waals surface area contributed by atoms with E-state index in [1.165, 1.54) is 11.1 Å². The number of aliphatic hydroxyl groups is 1. The smallest absolute Gasteiger partial charge is 0.120 e. The maximum Gasteiger partial charge on any atom is 0.120 e. The number of rotatable bonds is 7. The van der Waals surface area contributed by atoms with E-state index in [4.69, 9.17) is 4.74 Å². The number of ether oxygens (including phenoxy) is 1. The Morgan fingerprint density at radius 2 is 1.84 bits per heavy atom. The second kappa shape index (κ2) is 8.99. The van der Waals surface area contributed by atoms with E-state index >= 15 is 0 Å². The van der Waals surface area contributed by atoms with Gasteiger partial charge in [-0.05, 0) is 36.7 Å². The lowest BCUT2D eigenvalue weighted by Gasteiger charge is -2.39. The number of benzene rings is 2. The van der Waals surface area contributed by atoms with Gasteiger partial charge < -0.3 is 14.7 Å². The van der Waals surface area contributed by atoms with Crippen LogP contribution in [0.3, 0.4) is 0 Å². The molecule has 1 atom stereocenters. The summed E-state index contributed by atoms with van der Waals surface area (Å²) >= 11 is 0. The van der Waals surface area contributed by atoms with Crippen LogP contribution in [0.25, 0.3) is 0 Å². The number of aliphatic hydroxyl groups excluding tert-OH is 1. The minimum atomic E-state index is 0.256. The lowest BCUT2D eigenvalue weighted by Crippen LogP contribution is -2.51. The molecule has 0 aliphatic carbocycles. The summed E-state index contributed by atoms with van der Waals surface area (Å²) in [5.41, 5.74) is 2.46. The number of piperazine rings is 1. The van der Waals surface area contributed by atoms with Crippen molar-refractivity contribution in [3.8, 4) is 5.75 Å². The molecule has 0 radical (unpaired) electrons. The van der Waals surface area contributed by atoms with Crippen molar-refractivity contribution in [2.45, 2.75) is 25.6 Å². The summed E-state index contributed by atoms with van der Waals surface area (Å²) in [4.78, 5) is 4.82. The van der Waals surface area contributed by atoms with Crippen LogP contribution in [0.2, 0.25) is 0 Å². The van der Waals surface area contributed by atoms with Crippen LogP contribution >= 0.6 is 0 Å². The van der Waals surface area contributed by atoms with Crippen LogP contribution in [-0.2, 0) is 13.2 Å². The monoisotopic (exact) mass is 340 g/mol. The van der Waals surface area contributed by atoms with E-state index in [-0.39, 0.29) is 6.61 Å². The molecule has 1 aliphatic rings. The summed E-state index contributed by atoms with van der Waals surface area (Å²) < 4.78 is 5.94. The number of nitrogens with zero attached hydrogens (tertiary/aromatic N) is 2. The van der Waals surface area contributed by atoms with Crippen molar-refractivity contribution in [2.75, 3.05) is 33.3 Å². The predicted octanol–water partition coefficient (Wildman–Crippen LogP) is 2.76. The third kappa shape index (κ3) is 5.30. The number of hydrogen-bond donors (Lipinski definition) is 1. The third-order valence-corrected chi connectivity index (χ3v) is 4.88. The van der Waals surface area contributed by atoms with Crippen LogP contribution in [-0.4, -0.2) is 54.2 Å². The predicted molar refractivity (Wildman–Crippen MR) is 101 cm³/mol. The van der Waals surface area contributed by atoms with Gasteiger partial charge in [0.2, 0.25) is 0 Å². The first-order valence-corrected chi connectivity index (χ1v) is 9.04. The zero-order chi connectivity index (χ0) is 17.5. The van der Waals surface area contributed by atoms with Gasteiger partial charge in [-0.1, -0.05) is 42.5 Å². The normalized spacial score (nSPS) is 19.0. The molecule has 0 spiro atoms. The van der Waals surface area contributed by atoms with Gasteiger partial charge in [-0.2, -0.15) is 0 Å². The molecule has 2 aromatic carbocycles. The van der Waals surface area contributed by atoms with Gasteiger partial charge in [-0.3, -0.25) is 4.90 Å². The third-order valence-electron chi connectivity index (χ3n) is 4.88. The molecular formula is C21H28N2O2. The van der Waals surface area contributed by atoms with Gasteiger partial charge in [0.05, 0.1) is 0 Å². The molecular weight excluding hydrogens is 312 g/mol. The average molecular weight is 340 g/mol. The Hall–Kier alpha value is -1.88. The fourth-order valence-corrected chi connectivity index (χ4v) is 3.35. The Labute approximate surface area is 150 Å². The van der Waals surface area contributed by atoms with Gasteiger partial charge in [0.15, 0.2) is 0 Å². The van der Waals surface area contributed by atoms with Gasteiger partial charge in [0.1, 0.15) is 12.4 Å². The van der Waals surface area contributed by atoms with Gasteiger partial charge >= 0.3 is 0 Å². The van der Waals surface area contributed by atoms with Crippen molar-refractivity contribution >= 4 is 0 Å². The molecule has 4 heteroatoms. The standard InChI is InChI=1S/C21H28N2O2/c1-22-11-12-23(16-20(22)10-13-24)15-19-8-5-9-21(14-19)25-17-18-6-3-2-4-7-18/h2-9,14,20,24H,10-13,15-17H2,1H3/t20-/m0/s1. The van der Waals surface area contributed by atoms with E-state index in [9.17, 15) is 5.11 Å². The van der Waals surface area contributed by atoms with E-state index in [1.54, 1.807) is 0 Å². The molecule has 0 saturated carbocycles. The van der Waals surface area contributed by atoms with Crippen LogP contribution in [0.1, 0.15) is 17.5 Å². The number of likely N-dealkylation sites (N-methyl/N-ethyl adjacent to an activating group) is 1. The summed E-state index contributed by atoms with van der Waals surface area (Å²) in [5, 5.41) is 9.24. The quantitative estimate of drug-likeness (QED) is 0.841. The Balaban J connectivity index is 1.56. The summed E-state index contributed by atoms with van der Waals surface area (Å²) in [6, 6.07) is 19.1. The number of hydrogen-bond acceptors (Lipinski definition) is 4. The van der Waals surface area contributed by atoms with Crippen LogP contribution in [0.4, 0.5) is 0 Å².